The van der Waals surface area contributed by atoms with Crippen molar-refractivity contribution in [3.63, 3.8) is 0 Å². The molecule has 0 saturated carbocycles. The van der Waals surface area contributed by atoms with Crippen LogP contribution in [0.4, 0.5) is 5.69 Å². The molecule has 0 unspecified atom stereocenters. The van der Waals surface area contributed by atoms with Crippen LogP contribution in [-0.4, -0.2) is 25.1 Å². The lowest BCUT2D eigenvalue weighted by molar-refractivity contribution is -0.113. The second-order valence-corrected chi connectivity index (χ2v) is 8.74. The summed E-state index contributed by atoms with van der Waals surface area (Å²) in [7, 11) is -3.84. The van der Waals surface area contributed by atoms with E-state index in [2.05, 4.69) is 16.4 Å². The number of benzene rings is 1. The quantitative estimate of drug-likeness (QED) is 0.738. The Kier molecular flexibility index (Phi) is 5.51. The first-order chi connectivity index (χ1) is 12.8. The van der Waals surface area contributed by atoms with E-state index in [1.807, 2.05) is 6.92 Å². The van der Waals surface area contributed by atoms with Crippen molar-refractivity contribution in [3.05, 3.63) is 46.6 Å². The molecule has 1 aromatic heterocycles. The van der Waals surface area contributed by atoms with Crippen molar-refractivity contribution in [2.45, 2.75) is 36.1 Å². The Bertz CT molecular complexity index is 1060. The first-order valence-electron chi connectivity index (χ1n) is 8.27. The molecule has 140 valence electrons. The van der Waals surface area contributed by atoms with E-state index < -0.39 is 10.0 Å². The van der Waals surface area contributed by atoms with Gasteiger partial charge in [0.25, 0.3) is 0 Å². The van der Waals surface area contributed by atoms with E-state index in [0.29, 0.717) is 16.3 Å². The van der Waals surface area contributed by atoms with E-state index in [4.69, 9.17) is 5.14 Å². The number of nitrogens with zero attached hydrogens (tertiary/aromatic N) is 2. The molecule has 0 aliphatic heterocycles. The molecule has 27 heavy (non-hydrogen) atoms. The predicted molar refractivity (Wildman–Crippen MR) is 103 cm³/mol. The van der Waals surface area contributed by atoms with Crippen molar-refractivity contribution in [2.24, 2.45) is 5.14 Å². The number of primary sulfonamides is 1. The fourth-order valence-corrected chi connectivity index (χ4v) is 4.48. The van der Waals surface area contributed by atoms with Crippen LogP contribution in [0, 0.1) is 18.3 Å². The average molecular weight is 403 g/mol. The normalized spacial score (nSPS) is 13.1. The number of aryl methyl sites for hydroxylation is 1. The third-order valence-corrected chi connectivity index (χ3v) is 6.25. The minimum absolute atomic E-state index is 0.0551. The number of rotatable bonds is 5. The SMILES string of the molecule is Cc1c(C#N)c(SCC(=O)Nc2cccc(S(N)(=O)=O)c2)nc2c1CCC2. The van der Waals surface area contributed by atoms with Crippen molar-refractivity contribution in [1.29, 1.82) is 5.26 Å². The number of nitrogens with one attached hydrogen (secondary N) is 1. The fraction of sp³-hybridized carbons (Fsp3) is 0.278. The molecule has 1 aromatic carbocycles. The van der Waals surface area contributed by atoms with Crippen molar-refractivity contribution < 1.29 is 13.2 Å². The molecule has 7 nitrogen and oxygen atoms in total. The van der Waals surface area contributed by atoms with Gasteiger partial charge in [-0.1, -0.05) is 17.8 Å². The number of pyridine rings is 1. The number of carbonyl (C=O) groups excluding carboxylic acids is 1. The van der Waals surface area contributed by atoms with Gasteiger partial charge in [-0.2, -0.15) is 5.26 Å². The van der Waals surface area contributed by atoms with Gasteiger partial charge in [-0.3, -0.25) is 4.79 Å². The Morgan fingerprint density at radius 2 is 2.19 bits per heavy atom. The van der Waals surface area contributed by atoms with Crippen molar-refractivity contribution in [1.82, 2.24) is 4.98 Å². The number of sulfonamides is 1. The van der Waals surface area contributed by atoms with Gasteiger partial charge in [0.2, 0.25) is 15.9 Å². The molecule has 1 amide bonds. The zero-order valence-corrected chi connectivity index (χ0v) is 16.3. The lowest BCUT2D eigenvalue weighted by Gasteiger charge is -2.11. The number of fused-ring (bicyclic) bond motifs is 1. The highest BCUT2D eigenvalue weighted by Crippen LogP contribution is 2.31. The molecular formula is C18H18N4O3S2. The average Bonchev–Trinajstić information content (AvgIpc) is 3.08. The molecule has 9 heteroatoms. The van der Waals surface area contributed by atoms with Crippen molar-refractivity contribution >= 4 is 33.4 Å². The van der Waals surface area contributed by atoms with Gasteiger partial charge in [0.1, 0.15) is 11.1 Å². The molecule has 1 aliphatic carbocycles. The van der Waals surface area contributed by atoms with Crippen LogP contribution in [0.3, 0.4) is 0 Å². The van der Waals surface area contributed by atoms with Gasteiger partial charge in [-0.05, 0) is 55.5 Å². The number of hydrogen-bond acceptors (Lipinski definition) is 6. The minimum Gasteiger partial charge on any atom is -0.325 e. The van der Waals surface area contributed by atoms with Crippen LogP contribution in [0.5, 0.6) is 0 Å². The van der Waals surface area contributed by atoms with Gasteiger partial charge in [0, 0.05) is 11.4 Å². The number of nitrogens with two attached hydrogens (primary N) is 1. The van der Waals surface area contributed by atoms with Crippen LogP contribution in [0.2, 0.25) is 0 Å². The van der Waals surface area contributed by atoms with Gasteiger partial charge in [-0.15, -0.1) is 0 Å². The molecule has 1 aliphatic rings. The zero-order valence-electron chi connectivity index (χ0n) is 14.7. The lowest BCUT2D eigenvalue weighted by Crippen LogP contribution is -2.16. The third-order valence-electron chi connectivity index (χ3n) is 4.36. The van der Waals surface area contributed by atoms with Gasteiger partial charge in [0.05, 0.1) is 16.2 Å². The first-order valence-corrected chi connectivity index (χ1v) is 10.8. The third kappa shape index (κ3) is 4.30. The monoisotopic (exact) mass is 402 g/mol. The van der Waals surface area contributed by atoms with Crippen molar-refractivity contribution in [3.8, 4) is 6.07 Å². The second kappa shape index (κ2) is 7.68. The largest absolute Gasteiger partial charge is 0.325 e. The molecule has 0 fully saturated rings. The number of nitriles is 1. The highest BCUT2D eigenvalue weighted by atomic mass is 32.2. The second-order valence-electron chi connectivity index (χ2n) is 6.22. The molecule has 0 atom stereocenters. The van der Waals surface area contributed by atoms with E-state index in [0.717, 1.165) is 36.1 Å². The van der Waals surface area contributed by atoms with Crippen LogP contribution < -0.4 is 10.5 Å². The number of carbonyl (C=O) groups is 1. The maximum Gasteiger partial charge on any atom is 0.238 e. The van der Waals surface area contributed by atoms with E-state index >= 15 is 0 Å². The van der Waals surface area contributed by atoms with Crippen LogP contribution >= 0.6 is 11.8 Å². The molecule has 0 saturated heterocycles. The highest BCUT2D eigenvalue weighted by molar-refractivity contribution is 8.00. The summed E-state index contributed by atoms with van der Waals surface area (Å²) in [5, 5.41) is 17.8. The molecule has 3 rings (SSSR count). The Morgan fingerprint density at radius 3 is 2.89 bits per heavy atom. The predicted octanol–water partition coefficient (Wildman–Crippen LogP) is 2.13. The number of anilines is 1. The highest BCUT2D eigenvalue weighted by Gasteiger charge is 2.21. The van der Waals surface area contributed by atoms with E-state index in [1.54, 1.807) is 6.07 Å². The Labute approximate surface area is 162 Å². The standard InChI is InChI=1S/C18H18N4O3S2/c1-11-14-6-3-7-16(14)22-18(15(11)9-19)26-10-17(23)21-12-4-2-5-13(8-12)27(20,24)25/h2,4-5,8H,3,6-7,10H2,1H3,(H,21,23)(H2,20,24,25). The van der Waals surface area contributed by atoms with Crippen LogP contribution in [0.1, 0.15) is 28.8 Å². The number of amides is 1. The maximum atomic E-state index is 12.2. The number of hydrogen-bond donors (Lipinski definition) is 2. The summed E-state index contributed by atoms with van der Waals surface area (Å²) in [4.78, 5) is 16.7. The lowest BCUT2D eigenvalue weighted by atomic mass is 10.0. The molecular weight excluding hydrogens is 384 g/mol. The van der Waals surface area contributed by atoms with Crippen LogP contribution in [-0.2, 0) is 27.7 Å². The molecule has 2 aromatic rings. The smallest absolute Gasteiger partial charge is 0.238 e. The molecule has 1 heterocycles. The number of aromatic nitrogens is 1. The van der Waals surface area contributed by atoms with Crippen LogP contribution in [0.25, 0.3) is 0 Å². The van der Waals surface area contributed by atoms with E-state index in [1.165, 1.54) is 30.0 Å². The van der Waals surface area contributed by atoms with Gasteiger partial charge >= 0.3 is 0 Å². The summed E-state index contributed by atoms with van der Waals surface area (Å²) in [6.07, 6.45) is 2.86. The topological polar surface area (TPSA) is 126 Å². The summed E-state index contributed by atoms with van der Waals surface area (Å²) < 4.78 is 22.8. The Hall–Kier alpha value is -2.41. The minimum atomic E-state index is -3.84. The van der Waals surface area contributed by atoms with Gasteiger partial charge in [0.15, 0.2) is 0 Å². The molecule has 0 spiro atoms. The summed E-state index contributed by atoms with van der Waals surface area (Å²) >= 11 is 1.20. The summed E-state index contributed by atoms with van der Waals surface area (Å²) in [6, 6.07) is 7.94. The molecule has 0 radical (unpaired) electrons. The molecule has 3 N–H and O–H groups in total. The summed E-state index contributed by atoms with van der Waals surface area (Å²) in [5.74, 6) is -0.269. The Morgan fingerprint density at radius 1 is 1.41 bits per heavy atom. The molecule has 0 bridgehead atoms. The maximum absolute atomic E-state index is 12.2. The zero-order chi connectivity index (χ0) is 19.6. The fourth-order valence-electron chi connectivity index (χ4n) is 3.06. The van der Waals surface area contributed by atoms with Gasteiger partial charge < -0.3 is 5.32 Å². The Balaban J connectivity index is 1.72. The van der Waals surface area contributed by atoms with Gasteiger partial charge in [-0.25, -0.2) is 18.5 Å². The van der Waals surface area contributed by atoms with E-state index in [-0.39, 0.29) is 16.6 Å². The summed E-state index contributed by atoms with van der Waals surface area (Å²) in [5.41, 5.74) is 3.97. The number of thioether (sulfide) groups is 1. The van der Waals surface area contributed by atoms with Crippen LogP contribution in [0.15, 0.2) is 34.2 Å². The first kappa shape index (κ1) is 19.4. The van der Waals surface area contributed by atoms with Crippen molar-refractivity contribution in [2.75, 3.05) is 11.1 Å². The summed E-state index contributed by atoms with van der Waals surface area (Å²) in [6.45, 7) is 1.92. The van der Waals surface area contributed by atoms with E-state index in [9.17, 15) is 18.5 Å².